The molecule has 3 rings (SSSR count). The van der Waals surface area contributed by atoms with Gasteiger partial charge in [0.15, 0.2) is 0 Å². The minimum Gasteiger partial charge on any atom is -0.348 e. The average molecular weight is 342 g/mol. The molecule has 136 valence electrons. The monoisotopic (exact) mass is 342 g/mol. The molecule has 2 amide bonds. The Morgan fingerprint density at radius 2 is 1.76 bits per heavy atom. The highest BCUT2D eigenvalue weighted by Crippen LogP contribution is 2.28. The van der Waals surface area contributed by atoms with Gasteiger partial charge in [-0.2, -0.15) is 0 Å². The molecule has 0 aromatic heterocycles. The van der Waals surface area contributed by atoms with Crippen LogP contribution in [-0.2, 0) is 22.4 Å². The summed E-state index contributed by atoms with van der Waals surface area (Å²) in [6, 6.07) is 5.98. The Kier molecular flexibility index (Phi) is 6.48. The van der Waals surface area contributed by atoms with E-state index in [9.17, 15) is 9.59 Å². The summed E-state index contributed by atoms with van der Waals surface area (Å²) in [5, 5.41) is 5.58. The summed E-state index contributed by atoms with van der Waals surface area (Å²) in [5.41, 5.74) is 3.31. The van der Waals surface area contributed by atoms with Crippen molar-refractivity contribution >= 4 is 17.5 Å². The lowest BCUT2D eigenvalue weighted by Crippen LogP contribution is -2.36. The van der Waals surface area contributed by atoms with Gasteiger partial charge in [-0.05, 0) is 61.6 Å². The molecule has 1 aromatic carbocycles. The molecule has 0 aliphatic heterocycles. The van der Waals surface area contributed by atoms with Crippen LogP contribution in [0.1, 0.15) is 68.9 Å². The lowest BCUT2D eigenvalue weighted by atomic mass is 9.86. The molecule has 0 radical (unpaired) electrons. The van der Waals surface area contributed by atoms with E-state index in [1.807, 2.05) is 12.1 Å². The smallest absolute Gasteiger partial charge is 0.313 e. The third kappa shape index (κ3) is 5.07. The van der Waals surface area contributed by atoms with E-state index >= 15 is 0 Å². The third-order valence-electron chi connectivity index (χ3n) is 5.65. The van der Waals surface area contributed by atoms with E-state index < -0.39 is 11.8 Å². The second kappa shape index (κ2) is 9.02. The maximum Gasteiger partial charge on any atom is 0.313 e. The van der Waals surface area contributed by atoms with Crippen molar-refractivity contribution in [3.63, 3.8) is 0 Å². The van der Waals surface area contributed by atoms with Gasteiger partial charge in [-0.25, -0.2) is 0 Å². The van der Waals surface area contributed by atoms with Crippen LogP contribution in [0.25, 0.3) is 0 Å². The van der Waals surface area contributed by atoms with Crippen molar-refractivity contribution in [2.75, 3.05) is 11.9 Å². The number of carbonyl (C=O) groups is 2. The van der Waals surface area contributed by atoms with Gasteiger partial charge in [0.2, 0.25) is 0 Å². The topological polar surface area (TPSA) is 58.2 Å². The van der Waals surface area contributed by atoms with Gasteiger partial charge in [-0.1, -0.05) is 44.2 Å². The first kappa shape index (κ1) is 18.0. The van der Waals surface area contributed by atoms with Crippen molar-refractivity contribution in [2.24, 2.45) is 5.92 Å². The van der Waals surface area contributed by atoms with E-state index in [1.54, 1.807) is 0 Å². The number of anilines is 1. The summed E-state index contributed by atoms with van der Waals surface area (Å²) in [6.07, 6.45) is 13.2. The van der Waals surface area contributed by atoms with Gasteiger partial charge in [0, 0.05) is 12.2 Å². The quantitative estimate of drug-likeness (QED) is 0.628. The molecule has 0 atom stereocenters. The largest absolute Gasteiger partial charge is 0.348 e. The summed E-state index contributed by atoms with van der Waals surface area (Å²) in [7, 11) is 0. The standard InChI is InChI=1S/C21H30N2O2/c24-20(22-15-7-10-16-8-2-1-3-9-16)21(25)23-19-14-6-12-17-11-4-5-13-18(17)19/h6,12,14,16H,1-5,7-11,13,15H2,(H,22,24)(H,23,25). The molecule has 0 unspecified atom stereocenters. The van der Waals surface area contributed by atoms with Crippen LogP contribution in [0.5, 0.6) is 0 Å². The minimum absolute atomic E-state index is 0.517. The molecular weight excluding hydrogens is 312 g/mol. The van der Waals surface area contributed by atoms with Gasteiger partial charge in [0.05, 0.1) is 0 Å². The summed E-state index contributed by atoms with van der Waals surface area (Å²) < 4.78 is 0. The Bertz CT molecular complexity index is 606. The van der Waals surface area contributed by atoms with E-state index in [2.05, 4.69) is 16.7 Å². The van der Waals surface area contributed by atoms with E-state index in [1.165, 1.54) is 49.7 Å². The lowest BCUT2D eigenvalue weighted by Gasteiger charge is -2.21. The van der Waals surface area contributed by atoms with Crippen LogP contribution in [0.3, 0.4) is 0 Å². The molecule has 0 spiro atoms. The Morgan fingerprint density at radius 1 is 0.960 bits per heavy atom. The number of hydrogen-bond acceptors (Lipinski definition) is 2. The van der Waals surface area contributed by atoms with Crippen molar-refractivity contribution < 1.29 is 9.59 Å². The first-order valence-corrected chi connectivity index (χ1v) is 9.94. The molecule has 0 saturated heterocycles. The van der Waals surface area contributed by atoms with Crippen LogP contribution in [-0.4, -0.2) is 18.4 Å². The van der Waals surface area contributed by atoms with Crippen LogP contribution in [0.15, 0.2) is 18.2 Å². The Labute approximate surface area is 150 Å². The van der Waals surface area contributed by atoms with Crippen molar-refractivity contribution in [2.45, 2.75) is 70.6 Å². The lowest BCUT2D eigenvalue weighted by molar-refractivity contribution is -0.136. The second-order valence-electron chi connectivity index (χ2n) is 7.51. The zero-order valence-corrected chi connectivity index (χ0v) is 15.1. The number of aryl methyl sites for hydroxylation is 1. The van der Waals surface area contributed by atoms with Crippen molar-refractivity contribution in [3.05, 3.63) is 29.3 Å². The zero-order valence-electron chi connectivity index (χ0n) is 15.1. The second-order valence-corrected chi connectivity index (χ2v) is 7.51. The summed E-state index contributed by atoms with van der Waals surface area (Å²) in [5.74, 6) is -0.246. The molecule has 2 aliphatic carbocycles. The SMILES string of the molecule is O=C(NCCCC1CCCCC1)C(=O)Nc1cccc2c1CCCC2. The molecule has 1 saturated carbocycles. The maximum atomic E-state index is 12.2. The van der Waals surface area contributed by atoms with Crippen LogP contribution in [0.2, 0.25) is 0 Å². The molecular formula is C21H30N2O2. The Hall–Kier alpha value is -1.84. The zero-order chi connectivity index (χ0) is 17.5. The maximum absolute atomic E-state index is 12.2. The Balaban J connectivity index is 1.43. The summed E-state index contributed by atoms with van der Waals surface area (Å²) >= 11 is 0. The summed E-state index contributed by atoms with van der Waals surface area (Å²) in [6.45, 7) is 0.593. The number of carbonyl (C=O) groups excluding carboxylic acids is 2. The first-order chi connectivity index (χ1) is 12.2. The molecule has 4 heteroatoms. The van der Waals surface area contributed by atoms with Crippen LogP contribution in [0.4, 0.5) is 5.69 Å². The van der Waals surface area contributed by atoms with Gasteiger partial charge in [-0.3, -0.25) is 9.59 Å². The normalized spacial score (nSPS) is 17.6. The number of rotatable bonds is 5. The summed E-state index contributed by atoms with van der Waals surface area (Å²) in [4.78, 5) is 24.2. The highest BCUT2D eigenvalue weighted by atomic mass is 16.2. The average Bonchev–Trinajstić information content (AvgIpc) is 2.66. The number of benzene rings is 1. The first-order valence-electron chi connectivity index (χ1n) is 9.94. The molecule has 1 aromatic rings. The predicted octanol–water partition coefficient (Wildman–Crippen LogP) is 3.98. The fourth-order valence-corrected chi connectivity index (χ4v) is 4.23. The Morgan fingerprint density at radius 3 is 2.60 bits per heavy atom. The van der Waals surface area contributed by atoms with Gasteiger partial charge in [0.25, 0.3) is 0 Å². The highest BCUT2D eigenvalue weighted by molar-refractivity contribution is 6.39. The van der Waals surface area contributed by atoms with E-state index in [-0.39, 0.29) is 0 Å². The molecule has 25 heavy (non-hydrogen) atoms. The van der Waals surface area contributed by atoms with Crippen LogP contribution < -0.4 is 10.6 Å². The molecule has 2 aliphatic rings. The van der Waals surface area contributed by atoms with Crippen molar-refractivity contribution in [3.8, 4) is 0 Å². The predicted molar refractivity (Wildman–Crippen MR) is 101 cm³/mol. The van der Waals surface area contributed by atoms with Gasteiger partial charge < -0.3 is 10.6 Å². The van der Waals surface area contributed by atoms with E-state index in [0.29, 0.717) is 6.54 Å². The van der Waals surface area contributed by atoms with E-state index in [0.717, 1.165) is 43.7 Å². The van der Waals surface area contributed by atoms with Gasteiger partial charge in [0.1, 0.15) is 0 Å². The third-order valence-corrected chi connectivity index (χ3v) is 5.65. The minimum atomic E-state index is -0.545. The molecule has 1 fully saturated rings. The van der Waals surface area contributed by atoms with Crippen molar-refractivity contribution in [1.29, 1.82) is 0 Å². The molecule has 0 heterocycles. The molecule has 4 nitrogen and oxygen atoms in total. The number of amides is 2. The van der Waals surface area contributed by atoms with Gasteiger partial charge >= 0.3 is 11.8 Å². The molecule has 2 N–H and O–H groups in total. The van der Waals surface area contributed by atoms with Crippen LogP contribution >= 0.6 is 0 Å². The van der Waals surface area contributed by atoms with Crippen molar-refractivity contribution in [1.82, 2.24) is 5.32 Å². The van der Waals surface area contributed by atoms with Gasteiger partial charge in [-0.15, -0.1) is 0 Å². The van der Waals surface area contributed by atoms with E-state index in [4.69, 9.17) is 0 Å². The number of fused-ring (bicyclic) bond motifs is 1. The van der Waals surface area contributed by atoms with Crippen LogP contribution in [0, 0.1) is 5.92 Å². The number of hydrogen-bond donors (Lipinski definition) is 2. The number of nitrogens with one attached hydrogen (secondary N) is 2. The highest BCUT2D eigenvalue weighted by Gasteiger charge is 2.18. The molecule has 0 bridgehead atoms. The fourth-order valence-electron chi connectivity index (χ4n) is 4.23. The fraction of sp³-hybridized carbons (Fsp3) is 0.619.